The number of nitrogens with zero attached hydrogens (tertiary/aromatic N) is 1. The van der Waals surface area contributed by atoms with Gasteiger partial charge in [-0.25, -0.2) is 4.39 Å². The van der Waals surface area contributed by atoms with Crippen LogP contribution in [0.15, 0.2) is 18.2 Å². The first-order chi connectivity index (χ1) is 11.1. The number of carbonyl (C=O) groups excluding carboxylic acids is 1. The highest BCUT2D eigenvalue weighted by molar-refractivity contribution is 5.91. The van der Waals surface area contributed by atoms with Gasteiger partial charge in [-0.1, -0.05) is 6.07 Å². The van der Waals surface area contributed by atoms with Crippen molar-refractivity contribution in [2.24, 2.45) is 5.92 Å². The lowest BCUT2D eigenvalue weighted by Gasteiger charge is -2.31. The van der Waals surface area contributed by atoms with E-state index in [0.29, 0.717) is 17.7 Å². The van der Waals surface area contributed by atoms with E-state index in [2.05, 4.69) is 15.5 Å². The number of amides is 1. The maximum atomic E-state index is 13.5. The molecule has 4 nitrogen and oxygen atoms in total. The molecule has 0 aliphatic carbocycles. The molecule has 1 heterocycles. The Morgan fingerprint density at radius 3 is 2.71 bits per heavy atom. The number of rotatable bonds is 7. The number of likely N-dealkylation sites (tertiary alicyclic amines) is 1. The van der Waals surface area contributed by atoms with Crippen LogP contribution < -0.4 is 10.6 Å². The molecule has 24 heavy (non-hydrogen) atoms. The number of anilines is 1. The van der Waals surface area contributed by atoms with Gasteiger partial charge in [-0.15, -0.1) is 12.4 Å². The van der Waals surface area contributed by atoms with E-state index in [1.807, 2.05) is 7.05 Å². The predicted molar refractivity (Wildman–Crippen MR) is 99.3 cm³/mol. The normalized spacial score (nSPS) is 15.8. The number of piperidine rings is 1. The van der Waals surface area contributed by atoms with Crippen LogP contribution in [0.1, 0.15) is 31.2 Å². The number of benzene rings is 1. The van der Waals surface area contributed by atoms with Gasteiger partial charge < -0.3 is 15.5 Å². The van der Waals surface area contributed by atoms with Crippen LogP contribution in [0.25, 0.3) is 0 Å². The summed E-state index contributed by atoms with van der Waals surface area (Å²) in [6.07, 6.45) is 4.12. The molecule has 0 atom stereocenters. The van der Waals surface area contributed by atoms with Gasteiger partial charge in [0.15, 0.2) is 0 Å². The summed E-state index contributed by atoms with van der Waals surface area (Å²) in [5, 5.41) is 6.02. The largest absolute Gasteiger partial charge is 0.326 e. The van der Waals surface area contributed by atoms with E-state index < -0.39 is 0 Å². The molecule has 0 spiro atoms. The first-order valence-corrected chi connectivity index (χ1v) is 8.52. The van der Waals surface area contributed by atoms with Crippen molar-refractivity contribution in [1.29, 1.82) is 0 Å². The summed E-state index contributed by atoms with van der Waals surface area (Å²) in [6, 6.07) is 4.76. The van der Waals surface area contributed by atoms with Crippen LogP contribution in [0.4, 0.5) is 10.1 Å². The Morgan fingerprint density at radius 1 is 1.33 bits per heavy atom. The maximum absolute atomic E-state index is 13.5. The minimum Gasteiger partial charge on any atom is -0.326 e. The smallest absolute Gasteiger partial charge is 0.225 e. The van der Waals surface area contributed by atoms with Gasteiger partial charge in [-0.2, -0.15) is 0 Å². The fourth-order valence-electron chi connectivity index (χ4n) is 3.06. The van der Waals surface area contributed by atoms with Crippen LogP contribution in [-0.2, 0) is 4.79 Å². The average Bonchev–Trinajstić information content (AvgIpc) is 2.56. The van der Waals surface area contributed by atoms with Crippen LogP contribution in [-0.4, -0.2) is 44.0 Å². The lowest BCUT2D eigenvalue weighted by atomic mass is 9.93. The van der Waals surface area contributed by atoms with Crippen LogP contribution >= 0.6 is 12.4 Å². The van der Waals surface area contributed by atoms with E-state index in [4.69, 9.17) is 0 Å². The van der Waals surface area contributed by atoms with E-state index in [-0.39, 0.29) is 24.1 Å². The van der Waals surface area contributed by atoms with Gasteiger partial charge in [0.1, 0.15) is 5.82 Å². The fraction of sp³-hybridized carbons (Fsp3) is 0.611. The summed E-state index contributed by atoms with van der Waals surface area (Å²) in [5.74, 6) is 0.477. The number of halogens is 2. The van der Waals surface area contributed by atoms with Gasteiger partial charge >= 0.3 is 0 Å². The van der Waals surface area contributed by atoms with Gasteiger partial charge in [0.2, 0.25) is 5.91 Å². The van der Waals surface area contributed by atoms with E-state index in [1.54, 1.807) is 19.1 Å². The predicted octanol–water partition coefficient (Wildman–Crippen LogP) is 3.21. The van der Waals surface area contributed by atoms with Crippen molar-refractivity contribution in [1.82, 2.24) is 10.2 Å². The van der Waals surface area contributed by atoms with Crippen LogP contribution in [0.2, 0.25) is 0 Å². The Hall–Kier alpha value is -1.17. The summed E-state index contributed by atoms with van der Waals surface area (Å²) < 4.78 is 13.5. The number of hydrogen-bond donors (Lipinski definition) is 2. The van der Waals surface area contributed by atoms with Crippen molar-refractivity contribution in [3.63, 3.8) is 0 Å². The van der Waals surface area contributed by atoms with Crippen LogP contribution in [0.3, 0.4) is 0 Å². The zero-order valence-corrected chi connectivity index (χ0v) is 15.4. The lowest BCUT2D eigenvalue weighted by Crippen LogP contribution is -2.36. The molecular weight excluding hydrogens is 329 g/mol. The SMILES string of the molecule is CNCCC1CCN(CCC(=O)Nc2cccc(F)c2C)CC1.Cl. The second-order valence-electron chi connectivity index (χ2n) is 6.39. The molecule has 0 unspecified atom stereocenters. The minimum atomic E-state index is -0.286. The summed E-state index contributed by atoms with van der Waals surface area (Å²) in [5.41, 5.74) is 1.06. The molecular formula is C18H29ClFN3O. The number of nitrogens with one attached hydrogen (secondary N) is 2. The Morgan fingerprint density at radius 2 is 2.04 bits per heavy atom. The summed E-state index contributed by atoms with van der Waals surface area (Å²) in [7, 11) is 1.99. The first-order valence-electron chi connectivity index (χ1n) is 8.52. The van der Waals surface area contributed by atoms with Crippen molar-refractivity contribution >= 4 is 24.0 Å². The molecule has 1 aromatic carbocycles. The Kier molecular flexibility index (Phi) is 9.26. The number of hydrogen-bond acceptors (Lipinski definition) is 3. The second kappa shape index (κ2) is 10.6. The van der Waals surface area contributed by atoms with Crippen molar-refractivity contribution in [3.8, 4) is 0 Å². The van der Waals surface area contributed by atoms with Gasteiger partial charge in [0.25, 0.3) is 0 Å². The van der Waals surface area contributed by atoms with Crippen molar-refractivity contribution in [2.45, 2.75) is 32.6 Å². The van der Waals surface area contributed by atoms with Crippen molar-refractivity contribution in [2.75, 3.05) is 38.5 Å². The monoisotopic (exact) mass is 357 g/mol. The van der Waals surface area contributed by atoms with Crippen molar-refractivity contribution in [3.05, 3.63) is 29.6 Å². The third-order valence-corrected chi connectivity index (χ3v) is 4.71. The Balaban J connectivity index is 0.00000288. The lowest BCUT2D eigenvalue weighted by molar-refractivity contribution is -0.116. The minimum absolute atomic E-state index is 0. The summed E-state index contributed by atoms with van der Waals surface area (Å²) >= 11 is 0. The molecule has 2 N–H and O–H groups in total. The molecule has 0 aromatic heterocycles. The molecule has 136 valence electrons. The quantitative estimate of drug-likeness (QED) is 0.787. The Labute approximate surface area is 150 Å². The summed E-state index contributed by atoms with van der Waals surface area (Å²) in [4.78, 5) is 14.4. The molecule has 1 saturated heterocycles. The molecule has 0 radical (unpaired) electrons. The van der Waals surface area contributed by atoms with Gasteiger partial charge in [-0.05, 0) is 70.9 Å². The van der Waals surface area contributed by atoms with Crippen LogP contribution in [0.5, 0.6) is 0 Å². The second-order valence-corrected chi connectivity index (χ2v) is 6.39. The Bertz CT molecular complexity index is 519. The van der Waals surface area contributed by atoms with Crippen LogP contribution in [0, 0.1) is 18.7 Å². The zero-order valence-electron chi connectivity index (χ0n) is 14.6. The maximum Gasteiger partial charge on any atom is 0.225 e. The van der Waals surface area contributed by atoms with Gasteiger partial charge in [0.05, 0.1) is 0 Å². The highest BCUT2D eigenvalue weighted by Crippen LogP contribution is 2.20. The summed E-state index contributed by atoms with van der Waals surface area (Å²) in [6.45, 7) is 5.68. The molecule has 1 amide bonds. The van der Waals surface area contributed by atoms with E-state index in [1.165, 1.54) is 25.3 Å². The topological polar surface area (TPSA) is 44.4 Å². The van der Waals surface area contributed by atoms with E-state index >= 15 is 0 Å². The zero-order chi connectivity index (χ0) is 16.7. The van der Waals surface area contributed by atoms with Gasteiger partial charge in [0, 0.05) is 24.2 Å². The molecule has 6 heteroatoms. The highest BCUT2D eigenvalue weighted by Gasteiger charge is 2.19. The van der Waals surface area contributed by atoms with Crippen molar-refractivity contribution < 1.29 is 9.18 Å². The molecule has 0 bridgehead atoms. The molecule has 1 aliphatic rings. The molecule has 0 saturated carbocycles. The molecule has 1 aliphatic heterocycles. The molecule has 1 aromatic rings. The average molecular weight is 358 g/mol. The van der Waals surface area contributed by atoms with Gasteiger partial charge in [-0.3, -0.25) is 4.79 Å². The third kappa shape index (κ3) is 6.38. The molecule has 1 fully saturated rings. The molecule has 2 rings (SSSR count). The third-order valence-electron chi connectivity index (χ3n) is 4.71. The highest BCUT2D eigenvalue weighted by atomic mass is 35.5. The number of carbonyl (C=O) groups is 1. The van der Waals surface area contributed by atoms with E-state index in [9.17, 15) is 9.18 Å². The fourth-order valence-corrected chi connectivity index (χ4v) is 3.06. The van der Waals surface area contributed by atoms with E-state index in [0.717, 1.165) is 32.1 Å². The first kappa shape index (κ1) is 20.9. The standard InChI is InChI=1S/C18H28FN3O.ClH/c1-14-16(19)4-3-5-17(14)21-18(23)9-13-22-11-7-15(8-12-22)6-10-20-2;/h3-5,15,20H,6-13H2,1-2H3,(H,21,23);1H.